The van der Waals surface area contributed by atoms with Gasteiger partial charge in [0.25, 0.3) is 0 Å². The molecular weight excluding hydrogens is 196 g/mol. The fourth-order valence-corrected chi connectivity index (χ4v) is 1.87. The topological polar surface area (TPSA) is 24.9 Å². The van der Waals surface area contributed by atoms with E-state index in [9.17, 15) is 0 Å². The van der Waals surface area contributed by atoms with Crippen LogP contribution in [0, 0.1) is 12.8 Å². The molecule has 1 atom stereocenters. The van der Waals surface area contributed by atoms with Crippen molar-refractivity contribution in [3.8, 4) is 0 Å². The highest BCUT2D eigenvalue weighted by Gasteiger charge is 2.06. The van der Waals surface area contributed by atoms with Gasteiger partial charge in [-0.25, -0.2) is 0 Å². The minimum absolute atomic E-state index is 0.799. The van der Waals surface area contributed by atoms with Crippen LogP contribution < -0.4 is 5.32 Å². The first-order valence-electron chi connectivity index (χ1n) is 6.42. The minimum atomic E-state index is 0.799. The highest BCUT2D eigenvalue weighted by molar-refractivity contribution is 5.48. The maximum Gasteiger partial charge on any atom is 0.0400 e. The number of aryl methyl sites for hydroxylation is 1. The molecule has 90 valence electrons. The second-order valence-corrected chi connectivity index (χ2v) is 4.49. The van der Waals surface area contributed by atoms with Gasteiger partial charge in [-0.2, -0.15) is 0 Å². The lowest BCUT2D eigenvalue weighted by Gasteiger charge is -2.17. The van der Waals surface area contributed by atoms with E-state index in [0.29, 0.717) is 0 Å². The third-order valence-electron chi connectivity index (χ3n) is 3.14. The highest BCUT2D eigenvalue weighted by atomic mass is 14.9. The molecule has 0 aliphatic heterocycles. The summed E-state index contributed by atoms with van der Waals surface area (Å²) in [6, 6.07) is 2.06. The molecule has 1 rings (SSSR count). The van der Waals surface area contributed by atoms with Crippen molar-refractivity contribution in [2.24, 2.45) is 5.92 Å². The van der Waals surface area contributed by atoms with E-state index in [0.717, 1.165) is 12.5 Å². The molecule has 1 aromatic rings. The van der Waals surface area contributed by atoms with Gasteiger partial charge in [0.2, 0.25) is 0 Å². The molecule has 1 N–H and O–H groups in total. The number of nitrogens with one attached hydrogen (secondary N) is 1. The van der Waals surface area contributed by atoms with Crippen molar-refractivity contribution < 1.29 is 0 Å². The molecule has 1 heterocycles. The van der Waals surface area contributed by atoms with Crippen LogP contribution in [0.25, 0.3) is 0 Å². The zero-order valence-corrected chi connectivity index (χ0v) is 10.8. The molecular formula is C14H24N2. The zero-order chi connectivity index (χ0) is 11.8. The number of aromatic nitrogens is 1. The van der Waals surface area contributed by atoms with Crippen LogP contribution in [0.4, 0.5) is 5.69 Å². The SMILES string of the molecule is CCCCC(CC)CNc1ccncc1C. The number of anilines is 1. The van der Waals surface area contributed by atoms with E-state index in [1.54, 1.807) is 0 Å². The molecule has 1 unspecified atom stereocenters. The van der Waals surface area contributed by atoms with Crippen molar-refractivity contribution in [3.05, 3.63) is 24.0 Å². The van der Waals surface area contributed by atoms with Gasteiger partial charge < -0.3 is 5.32 Å². The van der Waals surface area contributed by atoms with Crippen molar-refractivity contribution in [2.45, 2.75) is 46.5 Å². The molecule has 16 heavy (non-hydrogen) atoms. The van der Waals surface area contributed by atoms with Gasteiger partial charge in [0.15, 0.2) is 0 Å². The largest absolute Gasteiger partial charge is 0.384 e. The Morgan fingerprint density at radius 3 is 2.81 bits per heavy atom. The predicted molar refractivity (Wildman–Crippen MR) is 70.8 cm³/mol. The van der Waals surface area contributed by atoms with Gasteiger partial charge in [-0.1, -0.05) is 33.1 Å². The number of nitrogens with zero attached hydrogens (tertiary/aromatic N) is 1. The maximum atomic E-state index is 4.10. The molecule has 0 aromatic carbocycles. The summed E-state index contributed by atoms with van der Waals surface area (Å²) < 4.78 is 0. The number of unbranched alkanes of at least 4 members (excludes halogenated alkanes) is 1. The molecule has 0 aliphatic rings. The lowest BCUT2D eigenvalue weighted by Crippen LogP contribution is -2.14. The Balaban J connectivity index is 2.40. The molecule has 0 amide bonds. The Morgan fingerprint density at radius 2 is 2.19 bits per heavy atom. The van der Waals surface area contributed by atoms with E-state index in [4.69, 9.17) is 0 Å². The van der Waals surface area contributed by atoms with Crippen LogP contribution in [0.5, 0.6) is 0 Å². The Bertz CT molecular complexity index is 297. The zero-order valence-electron chi connectivity index (χ0n) is 10.8. The number of rotatable bonds is 7. The standard InChI is InChI=1S/C14H24N2/c1-4-6-7-13(5-2)11-16-14-8-9-15-10-12(14)3/h8-10,13H,4-7,11H2,1-3H3,(H,15,16). The van der Waals surface area contributed by atoms with E-state index in [1.807, 2.05) is 12.4 Å². The predicted octanol–water partition coefficient (Wildman–Crippen LogP) is 4.02. The van der Waals surface area contributed by atoms with Gasteiger partial charge >= 0.3 is 0 Å². The lowest BCUT2D eigenvalue weighted by atomic mass is 9.99. The van der Waals surface area contributed by atoms with Crippen LogP contribution in [-0.4, -0.2) is 11.5 Å². The third kappa shape index (κ3) is 4.21. The summed E-state index contributed by atoms with van der Waals surface area (Å²) in [6.07, 6.45) is 9.00. The highest BCUT2D eigenvalue weighted by Crippen LogP contribution is 2.16. The average Bonchev–Trinajstić information content (AvgIpc) is 2.31. The van der Waals surface area contributed by atoms with Crippen molar-refractivity contribution in [1.82, 2.24) is 4.98 Å². The van der Waals surface area contributed by atoms with Crippen LogP contribution in [0.15, 0.2) is 18.5 Å². The van der Waals surface area contributed by atoms with Crippen LogP contribution >= 0.6 is 0 Å². The van der Waals surface area contributed by atoms with Gasteiger partial charge in [-0.15, -0.1) is 0 Å². The van der Waals surface area contributed by atoms with E-state index in [1.165, 1.54) is 36.9 Å². The first-order valence-corrected chi connectivity index (χ1v) is 6.42. The van der Waals surface area contributed by atoms with Crippen LogP contribution in [0.2, 0.25) is 0 Å². The Kier molecular flexibility index (Phi) is 5.91. The molecule has 0 saturated carbocycles. The number of pyridine rings is 1. The summed E-state index contributed by atoms with van der Waals surface area (Å²) in [5.41, 5.74) is 2.46. The average molecular weight is 220 g/mol. The smallest absolute Gasteiger partial charge is 0.0400 e. The summed E-state index contributed by atoms with van der Waals surface area (Å²) in [5, 5.41) is 3.53. The van der Waals surface area contributed by atoms with Gasteiger partial charge in [0, 0.05) is 24.6 Å². The third-order valence-corrected chi connectivity index (χ3v) is 3.14. The van der Waals surface area contributed by atoms with E-state index < -0.39 is 0 Å². The number of hydrogen-bond acceptors (Lipinski definition) is 2. The second-order valence-electron chi connectivity index (χ2n) is 4.49. The van der Waals surface area contributed by atoms with Gasteiger partial charge in [0.1, 0.15) is 0 Å². The lowest BCUT2D eigenvalue weighted by molar-refractivity contribution is 0.472. The van der Waals surface area contributed by atoms with Crippen molar-refractivity contribution in [1.29, 1.82) is 0 Å². The quantitative estimate of drug-likeness (QED) is 0.750. The van der Waals surface area contributed by atoms with E-state index >= 15 is 0 Å². The molecule has 2 nitrogen and oxygen atoms in total. The van der Waals surface area contributed by atoms with Gasteiger partial charge in [-0.05, 0) is 30.9 Å². The molecule has 0 radical (unpaired) electrons. The molecule has 2 heteroatoms. The van der Waals surface area contributed by atoms with Crippen LogP contribution in [0.1, 0.15) is 45.1 Å². The monoisotopic (exact) mass is 220 g/mol. The van der Waals surface area contributed by atoms with E-state index in [-0.39, 0.29) is 0 Å². The first-order chi connectivity index (χ1) is 7.77. The number of hydrogen-bond donors (Lipinski definition) is 1. The normalized spacial score (nSPS) is 12.4. The Morgan fingerprint density at radius 1 is 1.38 bits per heavy atom. The molecule has 0 saturated heterocycles. The Labute approximate surface area is 99.5 Å². The fraction of sp³-hybridized carbons (Fsp3) is 0.643. The van der Waals surface area contributed by atoms with E-state index in [2.05, 4.69) is 37.1 Å². The van der Waals surface area contributed by atoms with Crippen LogP contribution in [0.3, 0.4) is 0 Å². The summed E-state index contributed by atoms with van der Waals surface area (Å²) in [4.78, 5) is 4.10. The molecule has 0 fully saturated rings. The van der Waals surface area contributed by atoms with Gasteiger partial charge in [-0.3, -0.25) is 4.98 Å². The molecule has 0 spiro atoms. The summed E-state index contributed by atoms with van der Waals surface area (Å²) in [5.74, 6) is 0.799. The first kappa shape index (κ1) is 13.0. The van der Waals surface area contributed by atoms with Crippen molar-refractivity contribution in [3.63, 3.8) is 0 Å². The summed E-state index contributed by atoms with van der Waals surface area (Å²) >= 11 is 0. The second kappa shape index (κ2) is 7.26. The molecule has 0 bridgehead atoms. The summed E-state index contributed by atoms with van der Waals surface area (Å²) in [6.45, 7) is 7.72. The maximum absolute atomic E-state index is 4.10. The van der Waals surface area contributed by atoms with Gasteiger partial charge in [0.05, 0.1) is 0 Å². The van der Waals surface area contributed by atoms with Crippen molar-refractivity contribution >= 4 is 5.69 Å². The fourth-order valence-electron chi connectivity index (χ4n) is 1.87. The van der Waals surface area contributed by atoms with Crippen molar-refractivity contribution in [2.75, 3.05) is 11.9 Å². The van der Waals surface area contributed by atoms with Crippen LogP contribution in [-0.2, 0) is 0 Å². The Hall–Kier alpha value is -1.05. The molecule has 1 aromatic heterocycles. The summed E-state index contributed by atoms with van der Waals surface area (Å²) in [7, 11) is 0. The minimum Gasteiger partial charge on any atom is -0.384 e. The molecule has 0 aliphatic carbocycles.